The van der Waals surface area contributed by atoms with Crippen LogP contribution in [0.1, 0.15) is 16.4 Å². The molecule has 148 valence electrons. The molecule has 0 spiro atoms. The summed E-state index contributed by atoms with van der Waals surface area (Å²) in [6.07, 6.45) is 0. The maximum atomic E-state index is 6.18. The van der Waals surface area contributed by atoms with Gasteiger partial charge in [-0.1, -0.05) is 0 Å². The molecule has 0 aliphatic carbocycles. The predicted molar refractivity (Wildman–Crippen MR) is 130 cm³/mol. The van der Waals surface area contributed by atoms with Gasteiger partial charge in [-0.3, -0.25) is 0 Å². The van der Waals surface area contributed by atoms with E-state index in [1.54, 1.807) is 2.89 Å². The van der Waals surface area contributed by atoms with E-state index in [-0.39, 0.29) is 0 Å². The van der Waals surface area contributed by atoms with Gasteiger partial charge in [-0.05, 0) is 0 Å². The van der Waals surface area contributed by atoms with Crippen LogP contribution in [0.4, 0.5) is 0 Å². The second kappa shape index (κ2) is 6.76. The van der Waals surface area contributed by atoms with E-state index in [9.17, 15) is 0 Å². The van der Waals surface area contributed by atoms with Crippen LogP contribution in [0.5, 0.6) is 0 Å². The summed E-state index contributed by atoms with van der Waals surface area (Å²) in [6, 6.07) is 13.1. The average molecular weight is 527 g/mol. The maximum absolute atomic E-state index is 6.18. The molecule has 5 aromatic rings. The first-order valence-corrected chi connectivity index (χ1v) is 21.5. The van der Waals surface area contributed by atoms with E-state index in [0.29, 0.717) is 0 Å². The van der Waals surface area contributed by atoms with Crippen molar-refractivity contribution in [2.75, 3.05) is 0 Å². The molecular weight excluding hydrogens is 503 g/mol. The first kappa shape index (κ1) is 19.5. The minimum absolute atomic E-state index is 0.925. The SMILES string of the molecule is Cc1ccc(-c2c(-c3ccc(C)o3)c3s[c]([Sn]([CH3])([CH3])[CH3])cc3c3cc(C)sc23)o1. The molecule has 0 aliphatic heterocycles. The van der Waals surface area contributed by atoms with Gasteiger partial charge in [-0.2, -0.15) is 0 Å². The molecule has 4 heterocycles. The number of fused-ring (bicyclic) bond motifs is 3. The van der Waals surface area contributed by atoms with Gasteiger partial charge in [0, 0.05) is 0 Å². The van der Waals surface area contributed by atoms with Crippen LogP contribution in [0.25, 0.3) is 42.8 Å². The van der Waals surface area contributed by atoms with E-state index in [0.717, 1.165) is 23.0 Å². The summed E-state index contributed by atoms with van der Waals surface area (Å²) in [5.41, 5.74) is 2.36. The van der Waals surface area contributed by atoms with Gasteiger partial charge in [-0.25, -0.2) is 0 Å². The Hall–Kier alpha value is -1.50. The van der Waals surface area contributed by atoms with Crippen LogP contribution in [0.15, 0.2) is 45.2 Å². The van der Waals surface area contributed by atoms with Crippen LogP contribution in [-0.2, 0) is 0 Å². The standard InChI is InChI=1S/C21H15O2S2.3CH3.Sn/c1-11-4-6-16(22-11)18-19(17-7-5-12(2)23-17)21-15(10-13(3)25-21)14-8-9-24-20(14)18;;;;/h4-8,10H,1-3H3;3*1H3;. The molecular formula is C24H24O2S2Sn. The third kappa shape index (κ3) is 3.20. The van der Waals surface area contributed by atoms with Crippen molar-refractivity contribution in [3.8, 4) is 22.6 Å². The molecule has 29 heavy (non-hydrogen) atoms. The summed E-state index contributed by atoms with van der Waals surface area (Å²) < 4.78 is 16.6. The second-order valence-corrected chi connectivity index (χ2v) is 26.5. The fourth-order valence-electron chi connectivity index (χ4n) is 3.88. The van der Waals surface area contributed by atoms with Gasteiger partial charge in [-0.15, -0.1) is 0 Å². The van der Waals surface area contributed by atoms with Crippen LogP contribution in [0, 0.1) is 20.8 Å². The number of furan rings is 2. The van der Waals surface area contributed by atoms with E-state index < -0.39 is 18.4 Å². The van der Waals surface area contributed by atoms with Crippen LogP contribution in [-0.4, -0.2) is 18.4 Å². The zero-order chi connectivity index (χ0) is 20.5. The predicted octanol–water partition coefficient (Wildman–Crippen LogP) is 8.11. The van der Waals surface area contributed by atoms with Gasteiger partial charge < -0.3 is 0 Å². The normalized spacial score (nSPS) is 12.5. The van der Waals surface area contributed by atoms with Crippen molar-refractivity contribution in [3.05, 3.63) is 52.8 Å². The van der Waals surface area contributed by atoms with Crippen LogP contribution in [0.3, 0.4) is 0 Å². The Bertz CT molecular complexity index is 1370. The van der Waals surface area contributed by atoms with Crippen molar-refractivity contribution < 1.29 is 8.83 Å². The number of hydrogen-bond donors (Lipinski definition) is 0. The van der Waals surface area contributed by atoms with E-state index in [1.165, 1.54) is 36.2 Å². The van der Waals surface area contributed by atoms with Gasteiger partial charge in [0.15, 0.2) is 0 Å². The molecule has 5 heteroatoms. The first-order chi connectivity index (χ1) is 13.7. The molecule has 2 nitrogen and oxygen atoms in total. The fraction of sp³-hybridized carbons (Fsp3) is 0.250. The van der Waals surface area contributed by atoms with Gasteiger partial charge in [0.2, 0.25) is 0 Å². The molecule has 0 saturated carbocycles. The Labute approximate surface area is 183 Å². The molecule has 0 aliphatic rings. The average Bonchev–Trinajstić information content (AvgIpc) is 3.38. The summed E-state index contributed by atoms with van der Waals surface area (Å²) in [6.45, 7) is 6.21. The molecule has 0 fully saturated rings. The first-order valence-electron chi connectivity index (χ1n) is 9.86. The Balaban J connectivity index is 2.01. The molecule has 0 amide bonds. The van der Waals surface area contributed by atoms with E-state index in [1.807, 2.05) is 36.5 Å². The summed E-state index contributed by atoms with van der Waals surface area (Å²) in [7, 11) is 0. The molecule has 5 rings (SSSR count). The summed E-state index contributed by atoms with van der Waals surface area (Å²) in [4.78, 5) is 8.79. The topological polar surface area (TPSA) is 26.3 Å². The molecule has 0 saturated heterocycles. The van der Waals surface area contributed by atoms with Gasteiger partial charge in [0.1, 0.15) is 0 Å². The van der Waals surface area contributed by atoms with E-state index >= 15 is 0 Å². The van der Waals surface area contributed by atoms with Crippen LogP contribution in [0.2, 0.25) is 14.8 Å². The number of rotatable bonds is 3. The van der Waals surface area contributed by atoms with Gasteiger partial charge in [0.05, 0.1) is 0 Å². The Morgan fingerprint density at radius 2 is 1.21 bits per heavy atom. The number of hydrogen-bond acceptors (Lipinski definition) is 4. The van der Waals surface area contributed by atoms with E-state index in [4.69, 9.17) is 8.83 Å². The van der Waals surface area contributed by atoms with Gasteiger partial charge >= 0.3 is 184 Å². The summed E-state index contributed by atoms with van der Waals surface area (Å²) in [5.74, 6) is 3.72. The third-order valence-electron chi connectivity index (χ3n) is 5.29. The third-order valence-corrected chi connectivity index (χ3v) is 16.9. The monoisotopic (exact) mass is 528 g/mol. The van der Waals surface area contributed by atoms with Crippen LogP contribution < -0.4 is 2.89 Å². The molecule has 0 atom stereocenters. The number of aryl methyl sites for hydroxylation is 3. The summed E-state index contributed by atoms with van der Waals surface area (Å²) in [5, 5.41) is 2.71. The Morgan fingerprint density at radius 1 is 0.690 bits per heavy atom. The molecule has 0 unspecified atom stereocenters. The minimum atomic E-state index is -2.23. The van der Waals surface area contributed by atoms with Gasteiger partial charge in [0.25, 0.3) is 0 Å². The van der Waals surface area contributed by atoms with Crippen molar-refractivity contribution in [2.24, 2.45) is 0 Å². The second-order valence-electron chi connectivity index (χ2n) is 8.77. The molecule has 0 N–H and O–H groups in total. The zero-order valence-corrected chi connectivity index (χ0v) is 22.1. The Kier molecular flexibility index (Phi) is 4.53. The van der Waals surface area contributed by atoms with Crippen molar-refractivity contribution in [1.29, 1.82) is 0 Å². The van der Waals surface area contributed by atoms with Crippen molar-refractivity contribution in [3.63, 3.8) is 0 Å². The Morgan fingerprint density at radius 3 is 1.69 bits per heavy atom. The van der Waals surface area contributed by atoms with E-state index in [2.05, 4.69) is 58.1 Å². The molecule has 0 radical (unpaired) electrons. The quantitative estimate of drug-likeness (QED) is 0.222. The fourth-order valence-corrected chi connectivity index (χ4v) is 11.4. The van der Waals surface area contributed by atoms with Crippen molar-refractivity contribution in [1.82, 2.24) is 0 Å². The zero-order valence-electron chi connectivity index (χ0n) is 17.6. The molecule has 0 bridgehead atoms. The summed E-state index contributed by atoms with van der Waals surface area (Å²) >= 11 is 1.59. The number of thiophene rings is 2. The number of benzene rings is 1. The molecule has 4 aromatic heterocycles. The van der Waals surface area contributed by atoms with Crippen molar-refractivity contribution in [2.45, 2.75) is 35.6 Å². The van der Waals surface area contributed by atoms with Crippen molar-refractivity contribution >= 4 is 64.1 Å². The molecule has 1 aromatic carbocycles. The van der Waals surface area contributed by atoms with Crippen LogP contribution >= 0.6 is 22.7 Å².